The smallest absolute Gasteiger partial charge is 0.244 e. The Morgan fingerprint density at radius 3 is 2.53 bits per heavy atom. The molecule has 0 saturated heterocycles. The number of hydrogen-bond acceptors (Lipinski definition) is 5. The number of ether oxygens (including phenoxy) is 3. The predicted octanol–water partition coefficient (Wildman–Crippen LogP) is 5.76. The number of nitrogens with zero attached hydrogens (tertiary/aromatic N) is 1. The van der Waals surface area contributed by atoms with Gasteiger partial charge in [-0.3, -0.25) is 9.78 Å². The van der Waals surface area contributed by atoms with Crippen molar-refractivity contribution in [3.63, 3.8) is 0 Å². The zero-order valence-corrected chi connectivity index (χ0v) is 21.1. The molecule has 0 aliphatic carbocycles. The number of carbonyl (C=O) groups excluding carboxylic acids is 1. The molecule has 1 amide bonds. The summed E-state index contributed by atoms with van der Waals surface area (Å²) in [6, 6.07) is 7.98. The third-order valence-electron chi connectivity index (χ3n) is 5.61. The van der Waals surface area contributed by atoms with E-state index in [9.17, 15) is 4.79 Å². The van der Waals surface area contributed by atoms with Crippen molar-refractivity contribution in [2.45, 2.75) is 58.4 Å². The van der Waals surface area contributed by atoms with Crippen molar-refractivity contribution in [3.05, 3.63) is 66.0 Å². The Bertz CT molecular complexity index is 954. The Labute approximate surface area is 204 Å². The van der Waals surface area contributed by atoms with Gasteiger partial charge in [0.05, 0.1) is 21.3 Å². The maximum atomic E-state index is 12.4. The first kappa shape index (κ1) is 27.0. The highest BCUT2D eigenvalue weighted by atomic mass is 16.5. The number of pyridine rings is 1. The molecule has 1 aromatic heterocycles. The Kier molecular flexibility index (Phi) is 11.7. The molecule has 34 heavy (non-hydrogen) atoms. The number of aryl methyl sites for hydroxylation is 1. The van der Waals surface area contributed by atoms with E-state index in [0.717, 1.165) is 49.7 Å². The highest BCUT2D eigenvalue weighted by Crippen LogP contribution is 2.43. The fourth-order valence-corrected chi connectivity index (χ4v) is 3.80. The molecule has 0 aliphatic heterocycles. The number of allylic oxidation sites excluding steroid dienone is 3. The molecule has 0 fully saturated rings. The molecule has 1 aromatic carbocycles. The van der Waals surface area contributed by atoms with Gasteiger partial charge in [0.2, 0.25) is 11.7 Å². The molecule has 184 valence electrons. The maximum Gasteiger partial charge on any atom is 0.244 e. The summed E-state index contributed by atoms with van der Waals surface area (Å²) in [5, 5.41) is 3.05. The van der Waals surface area contributed by atoms with Gasteiger partial charge in [-0.25, -0.2) is 0 Å². The van der Waals surface area contributed by atoms with Crippen molar-refractivity contribution >= 4 is 11.5 Å². The molecule has 1 heterocycles. The van der Waals surface area contributed by atoms with Crippen LogP contribution in [0.1, 0.15) is 57.1 Å². The monoisotopic (exact) mass is 466 g/mol. The topological polar surface area (TPSA) is 69.7 Å². The molecule has 0 saturated carbocycles. The molecule has 0 radical (unpaired) electrons. The second-order valence-electron chi connectivity index (χ2n) is 8.20. The molecule has 6 heteroatoms. The van der Waals surface area contributed by atoms with Crippen LogP contribution >= 0.6 is 0 Å². The van der Waals surface area contributed by atoms with Crippen molar-refractivity contribution in [1.29, 1.82) is 0 Å². The van der Waals surface area contributed by atoms with Crippen LogP contribution in [-0.2, 0) is 11.2 Å². The van der Waals surface area contributed by atoms with Crippen LogP contribution in [0.3, 0.4) is 0 Å². The molecule has 0 bridgehead atoms. The second kappa shape index (κ2) is 14.8. The van der Waals surface area contributed by atoms with Crippen LogP contribution in [0.5, 0.6) is 17.2 Å². The van der Waals surface area contributed by atoms with Crippen LogP contribution in [0, 0.1) is 0 Å². The standard InChI is InChI=1S/C28H38N2O4/c1-6-7-14-23(24-17-18-25(32-3)28(34-5)27(24)33-4)15-9-16-26(31)30-21(2)11-8-12-22-13-10-19-29-20-22/h9-10,13,15-21H,6-8,11-12,14H2,1-5H3,(H,30,31)/b16-9+,23-15+/t21-/m1/s1. The predicted molar refractivity (Wildman–Crippen MR) is 138 cm³/mol. The van der Waals surface area contributed by atoms with E-state index in [0.29, 0.717) is 17.2 Å². The zero-order valence-electron chi connectivity index (χ0n) is 21.1. The summed E-state index contributed by atoms with van der Waals surface area (Å²) >= 11 is 0. The number of amides is 1. The summed E-state index contributed by atoms with van der Waals surface area (Å²) in [6.07, 6.45) is 14.8. The van der Waals surface area contributed by atoms with Gasteiger partial charge in [0.15, 0.2) is 11.5 Å². The molecule has 2 rings (SSSR count). The molecule has 6 nitrogen and oxygen atoms in total. The number of unbranched alkanes of at least 4 members (excludes halogenated alkanes) is 1. The number of benzene rings is 1. The molecule has 1 N–H and O–H groups in total. The minimum atomic E-state index is -0.0979. The van der Waals surface area contributed by atoms with Gasteiger partial charge in [-0.15, -0.1) is 0 Å². The zero-order chi connectivity index (χ0) is 24.8. The Morgan fingerprint density at radius 1 is 1.09 bits per heavy atom. The average Bonchev–Trinajstić information content (AvgIpc) is 2.85. The first-order valence-corrected chi connectivity index (χ1v) is 11.9. The Balaban J connectivity index is 2.05. The molecular weight excluding hydrogens is 428 g/mol. The van der Waals surface area contributed by atoms with Crippen molar-refractivity contribution in [2.75, 3.05) is 21.3 Å². The summed E-state index contributed by atoms with van der Waals surface area (Å²) in [4.78, 5) is 16.6. The lowest BCUT2D eigenvalue weighted by atomic mass is 9.98. The van der Waals surface area contributed by atoms with Gasteiger partial charge in [-0.05, 0) is 68.4 Å². The van der Waals surface area contributed by atoms with E-state index in [1.165, 1.54) is 5.56 Å². The normalized spacial score (nSPS) is 12.4. The van der Waals surface area contributed by atoms with Gasteiger partial charge in [0.1, 0.15) is 0 Å². The van der Waals surface area contributed by atoms with Crippen LogP contribution in [0.15, 0.2) is 54.9 Å². The van der Waals surface area contributed by atoms with Crippen molar-refractivity contribution in [2.24, 2.45) is 0 Å². The number of aromatic nitrogens is 1. The number of nitrogens with one attached hydrogen (secondary N) is 1. The van der Waals surface area contributed by atoms with Crippen LogP contribution in [0.25, 0.3) is 5.57 Å². The molecule has 2 aromatic rings. The second-order valence-corrected chi connectivity index (χ2v) is 8.20. The van der Waals surface area contributed by atoms with Crippen LogP contribution < -0.4 is 19.5 Å². The fraction of sp³-hybridized carbons (Fsp3) is 0.429. The van der Waals surface area contributed by atoms with Gasteiger partial charge < -0.3 is 19.5 Å². The molecule has 1 atom stereocenters. The number of methoxy groups -OCH3 is 3. The van der Waals surface area contributed by atoms with Gasteiger partial charge >= 0.3 is 0 Å². The third-order valence-corrected chi connectivity index (χ3v) is 5.61. The Hall–Kier alpha value is -3.28. The van der Waals surface area contributed by atoms with E-state index in [2.05, 4.69) is 23.3 Å². The van der Waals surface area contributed by atoms with E-state index in [1.807, 2.05) is 37.4 Å². The van der Waals surface area contributed by atoms with E-state index >= 15 is 0 Å². The molecule has 0 spiro atoms. The maximum absolute atomic E-state index is 12.4. The summed E-state index contributed by atoms with van der Waals surface area (Å²) in [7, 11) is 4.82. The third kappa shape index (κ3) is 8.25. The molecular formula is C28H38N2O4. The quantitative estimate of drug-likeness (QED) is 0.283. The number of rotatable bonds is 14. The largest absolute Gasteiger partial charge is 0.493 e. The van der Waals surface area contributed by atoms with Crippen molar-refractivity contribution in [3.8, 4) is 17.2 Å². The number of carbonyl (C=O) groups is 1. The van der Waals surface area contributed by atoms with Crippen LogP contribution in [0.2, 0.25) is 0 Å². The van der Waals surface area contributed by atoms with Gasteiger partial charge in [-0.2, -0.15) is 0 Å². The van der Waals surface area contributed by atoms with Gasteiger partial charge in [0.25, 0.3) is 0 Å². The van der Waals surface area contributed by atoms with Gasteiger partial charge in [0, 0.05) is 30.1 Å². The lowest BCUT2D eigenvalue weighted by molar-refractivity contribution is -0.117. The lowest BCUT2D eigenvalue weighted by Gasteiger charge is -2.17. The fourth-order valence-electron chi connectivity index (χ4n) is 3.80. The summed E-state index contributed by atoms with van der Waals surface area (Å²) in [5.41, 5.74) is 3.23. The first-order chi connectivity index (χ1) is 16.5. The molecule has 0 aliphatic rings. The Morgan fingerprint density at radius 2 is 1.88 bits per heavy atom. The van der Waals surface area contributed by atoms with Crippen molar-refractivity contribution < 1.29 is 19.0 Å². The SMILES string of the molecule is CCCC/C(=C\C=C\C(=O)N[C@H](C)CCCc1cccnc1)c1ccc(OC)c(OC)c1OC. The van der Waals surface area contributed by atoms with Crippen LogP contribution in [0.4, 0.5) is 0 Å². The van der Waals surface area contributed by atoms with Crippen molar-refractivity contribution in [1.82, 2.24) is 10.3 Å². The lowest BCUT2D eigenvalue weighted by Crippen LogP contribution is -2.31. The summed E-state index contributed by atoms with van der Waals surface area (Å²) in [5.74, 6) is 1.71. The minimum absolute atomic E-state index is 0.0979. The highest BCUT2D eigenvalue weighted by molar-refractivity contribution is 5.88. The molecule has 0 unspecified atom stereocenters. The first-order valence-electron chi connectivity index (χ1n) is 11.9. The summed E-state index contributed by atoms with van der Waals surface area (Å²) in [6.45, 7) is 4.19. The van der Waals surface area contributed by atoms with Gasteiger partial charge in [-0.1, -0.05) is 31.6 Å². The van der Waals surface area contributed by atoms with E-state index in [4.69, 9.17) is 14.2 Å². The van der Waals surface area contributed by atoms with E-state index in [-0.39, 0.29) is 11.9 Å². The summed E-state index contributed by atoms with van der Waals surface area (Å²) < 4.78 is 16.6. The minimum Gasteiger partial charge on any atom is -0.493 e. The highest BCUT2D eigenvalue weighted by Gasteiger charge is 2.18. The van der Waals surface area contributed by atoms with Crippen LogP contribution in [-0.4, -0.2) is 38.3 Å². The van der Waals surface area contributed by atoms with E-state index < -0.39 is 0 Å². The van der Waals surface area contributed by atoms with E-state index in [1.54, 1.807) is 39.7 Å². The number of hydrogen-bond donors (Lipinski definition) is 1. The average molecular weight is 467 g/mol.